The molecule has 294 valence electrons. The maximum absolute atomic E-state index is 14.8. The largest absolute Gasteiger partial charge is 0.497 e. The van der Waals surface area contributed by atoms with E-state index in [-0.39, 0.29) is 37.6 Å². The Morgan fingerprint density at radius 2 is 1.76 bits per heavy atom. The van der Waals surface area contributed by atoms with Crippen LogP contribution < -0.4 is 19.5 Å². The molecule has 0 radical (unpaired) electrons. The number of ether oxygens (including phenoxy) is 2. The number of nitrogens with zero attached hydrogens (tertiary/aromatic N) is 3. The summed E-state index contributed by atoms with van der Waals surface area (Å²) in [5, 5.41) is 3.51. The summed E-state index contributed by atoms with van der Waals surface area (Å²) in [6.07, 6.45) is 4.77. The normalized spacial score (nSPS) is 23.1. The van der Waals surface area contributed by atoms with Crippen molar-refractivity contribution in [1.82, 2.24) is 24.8 Å². The van der Waals surface area contributed by atoms with Crippen molar-refractivity contribution in [3.8, 4) is 22.8 Å². The fraction of sp³-hybridized carbons (Fsp3) is 0.488. The lowest BCUT2D eigenvalue weighted by molar-refractivity contribution is -0.148. The summed E-state index contributed by atoms with van der Waals surface area (Å²) in [6.45, 7) is 10.8. The predicted octanol–water partition coefficient (Wildman–Crippen LogP) is 4.46. The van der Waals surface area contributed by atoms with E-state index in [1.807, 2.05) is 78.9 Å². The van der Waals surface area contributed by atoms with E-state index in [0.29, 0.717) is 41.2 Å². The monoisotopic (exact) mass is 773 g/mol. The Hall–Kier alpha value is -4.98. The van der Waals surface area contributed by atoms with Crippen LogP contribution in [0.1, 0.15) is 59.3 Å². The second-order valence-electron chi connectivity index (χ2n) is 16.0. The van der Waals surface area contributed by atoms with Crippen LogP contribution in [0.5, 0.6) is 11.5 Å². The molecule has 5 atom stereocenters. The van der Waals surface area contributed by atoms with E-state index in [4.69, 9.17) is 14.5 Å². The molecule has 6 rings (SSSR count). The lowest BCUT2D eigenvalue weighted by atomic mass is 9.77. The highest BCUT2D eigenvalue weighted by molar-refractivity contribution is 7.89. The zero-order valence-corrected chi connectivity index (χ0v) is 33.0. The van der Waals surface area contributed by atoms with Gasteiger partial charge in [-0.05, 0) is 43.2 Å². The number of aromatic nitrogens is 1. The van der Waals surface area contributed by atoms with Gasteiger partial charge in [-0.3, -0.25) is 23.9 Å². The highest BCUT2D eigenvalue weighted by Crippen LogP contribution is 2.45. The van der Waals surface area contributed by atoms with Gasteiger partial charge in [0, 0.05) is 54.9 Å². The number of hydrogen-bond donors (Lipinski definition) is 2. The van der Waals surface area contributed by atoms with E-state index >= 15 is 0 Å². The second kappa shape index (κ2) is 15.6. The van der Waals surface area contributed by atoms with Crippen molar-refractivity contribution in [2.45, 2.75) is 77.0 Å². The molecule has 13 nitrogen and oxygen atoms in total. The third-order valence-electron chi connectivity index (χ3n) is 11.0. The third kappa shape index (κ3) is 8.79. The molecule has 3 fully saturated rings. The minimum absolute atomic E-state index is 0.0187. The average Bonchev–Trinajstić information content (AvgIpc) is 3.71. The highest BCUT2D eigenvalue weighted by Gasteiger charge is 2.61. The lowest BCUT2D eigenvalue weighted by Crippen LogP contribution is -2.57. The maximum atomic E-state index is 14.8. The van der Waals surface area contributed by atoms with Gasteiger partial charge in [-0.15, -0.1) is 6.58 Å². The van der Waals surface area contributed by atoms with Crippen LogP contribution in [-0.4, -0.2) is 97.5 Å². The highest BCUT2D eigenvalue weighted by atomic mass is 32.2. The molecule has 3 heterocycles. The molecule has 0 spiro atoms. The Labute approximate surface area is 322 Å². The minimum atomic E-state index is -3.93. The first kappa shape index (κ1) is 39.7. The Morgan fingerprint density at radius 1 is 1.05 bits per heavy atom. The number of amides is 4. The van der Waals surface area contributed by atoms with Crippen LogP contribution in [0.25, 0.3) is 22.2 Å². The SMILES string of the molecule is C=C[C@H]1C[C@]1(NC(=O)[C@@H]1C[C@@H](Oc2cc(-c3ccccc3)nc3cc(OC)ccc23)CN1C(=O)[C@@H](CC(=O)N1CCCCC1)C(C)(C)C)C(=O)NS(C)(=O)=O. The lowest BCUT2D eigenvalue weighted by Gasteiger charge is -2.36. The molecule has 14 heteroatoms. The Kier molecular flexibility index (Phi) is 11.3. The summed E-state index contributed by atoms with van der Waals surface area (Å²) in [5.41, 5.74) is -0.0442. The maximum Gasteiger partial charge on any atom is 0.259 e. The number of carbonyl (C=O) groups excluding carboxylic acids is 4. The predicted molar refractivity (Wildman–Crippen MR) is 208 cm³/mol. The topological polar surface area (TPSA) is 164 Å². The van der Waals surface area contributed by atoms with E-state index in [9.17, 15) is 27.6 Å². The molecule has 2 aliphatic heterocycles. The molecule has 2 N–H and O–H groups in total. The van der Waals surface area contributed by atoms with Crippen molar-refractivity contribution in [3.63, 3.8) is 0 Å². The van der Waals surface area contributed by atoms with Gasteiger partial charge in [0.15, 0.2) is 0 Å². The molecule has 0 bridgehead atoms. The first-order chi connectivity index (χ1) is 26.0. The quantitative estimate of drug-likeness (QED) is 0.253. The van der Waals surface area contributed by atoms with Gasteiger partial charge in [0.2, 0.25) is 27.7 Å². The summed E-state index contributed by atoms with van der Waals surface area (Å²) in [7, 11) is -2.36. The van der Waals surface area contributed by atoms with Crippen molar-refractivity contribution in [1.29, 1.82) is 0 Å². The molecular formula is C41H51N5O8S. The van der Waals surface area contributed by atoms with Crippen molar-refractivity contribution in [3.05, 3.63) is 67.3 Å². The van der Waals surface area contributed by atoms with Crippen molar-refractivity contribution in [2.24, 2.45) is 17.3 Å². The fourth-order valence-corrected chi connectivity index (χ4v) is 8.24. The van der Waals surface area contributed by atoms with Gasteiger partial charge in [0.05, 0.1) is 37.0 Å². The zero-order chi connectivity index (χ0) is 39.7. The number of nitrogens with one attached hydrogen (secondary N) is 2. The fourth-order valence-electron chi connectivity index (χ4n) is 7.72. The number of sulfonamides is 1. The van der Waals surface area contributed by atoms with Gasteiger partial charge in [-0.1, -0.05) is 57.2 Å². The van der Waals surface area contributed by atoms with Crippen LogP contribution in [0, 0.1) is 17.3 Å². The molecule has 1 aliphatic carbocycles. The van der Waals surface area contributed by atoms with Gasteiger partial charge in [0.25, 0.3) is 5.91 Å². The molecule has 1 saturated carbocycles. The zero-order valence-electron chi connectivity index (χ0n) is 32.2. The smallest absolute Gasteiger partial charge is 0.259 e. The number of carbonyl (C=O) groups is 4. The van der Waals surface area contributed by atoms with Crippen molar-refractivity contribution < 1.29 is 37.1 Å². The molecule has 2 aromatic carbocycles. The van der Waals surface area contributed by atoms with Gasteiger partial charge in [0.1, 0.15) is 29.2 Å². The molecule has 55 heavy (non-hydrogen) atoms. The van der Waals surface area contributed by atoms with Crippen LogP contribution in [0.3, 0.4) is 0 Å². The summed E-state index contributed by atoms with van der Waals surface area (Å²) >= 11 is 0. The molecule has 2 saturated heterocycles. The van der Waals surface area contributed by atoms with Crippen molar-refractivity contribution in [2.75, 3.05) is 33.0 Å². The van der Waals surface area contributed by atoms with Crippen LogP contribution in [0.15, 0.2) is 67.3 Å². The molecule has 4 amide bonds. The van der Waals surface area contributed by atoms with Crippen LogP contribution >= 0.6 is 0 Å². The summed E-state index contributed by atoms with van der Waals surface area (Å²) in [6, 6.07) is 15.8. The van der Waals surface area contributed by atoms with Gasteiger partial charge >= 0.3 is 0 Å². The van der Waals surface area contributed by atoms with Gasteiger partial charge in [-0.2, -0.15) is 0 Å². The first-order valence-corrected chi connectivity index (χ1v) is 20.7. The van der Waals surface area contributed by atoms with E-state index in [2.05, 4.69) is 11.9 Å². The standard InChI is InChI=1S/C41H51N5O8S/c1-7-27-24-41(27,39(50)44-55(6,51)52)43-37(48)34-21-29(25-46(34)38(49)31(40(2,3)4)22-36(47)45-18-12-9-13-19-45)54-35-23-32(26-14-10-8-11-15-26)42-33-20-28(53-5)16-17-30(33)35/h7-8,10-11,14-17,20,23,27,29,31,34H,1,9,12-13,18-19,21-22,24-25H2,2-6H3,(H,43,48)(H,44,50)/t27-,29+,31+,34-,41+/m0/s1. The number of hydrogen-bond acceptors (Lipinski definition) is 9. The number of methoxy groups -OCH3 is 1. The summed E-state index contributed by atoms with van der Waals surface area (Å²) in [5.74, 6) is -2.14. The molecule has 0 unspecified atom stereocenters. The van der Waals surface area contributed by atoms with Crippen LogP contribution in [-0.2, 0) is 29.2 Å². The van der Waals surface area contributed by atoms with E-state index in [1.165, 1.54) is 11.0 Å². The number of pyridine rings is 1. The second-order valence-corrected chi connectivity index (χ2v) is 17.8. The van der Waals surface area contributed by atoms with E-state index in [0.717, 1.165) is 31.1 Å². The number of piperidine rings is 1. The van der Waals surface area contributed by atoms with Crippen LogP contribution in [0.4, 0.5) is 0 Å². The third-order valence-corrected chi connectivity index (χ3v) is 11.5. The minimum Gasteiger partial charge on any atom is -0.497 e. The Morgan fingerprint density at radius 3 is 2.38 bits per heavy atom. The number of rotatable bonds is 12. The van der Waals surface area contributed by atoms with E-state index in [1.54, 1.807) is 13.2 Å². The summed E-state index contributed by atoms with van der Waals surface area (Å²) < 4.78 is 38.3. The Bertz CT molecular complexity index is 2080. The molecule has 1 aromatic heterocycles. The van der Waals surface area contributed by atoms with Crippen LogP contribution in [0.2, 0.25) is 0 Å². The number of benzene rings is 2. The first-order valence-electron chi connectivity index (χ1n) is 18.8. The molecular weight excluding hydrogens is 723 g/mol. The number of fused-ring (bicyclic) bond motifs is 1. The molecule has 3 aromatic rings. The van der Waals surface area contributed by atoms with Crippen molar-refractivity contribution >= 4 is 44.6 Å². The van der Waals surface area contributed by atoms with Gasteiger partial charge in [-0.25, -0.2) is 13.4 Å². The Balaban J connectivity index is 1.35. The number of likely N-dealkylation sites (tertiary alicyclic amines) is 2. The molecule has 3 aliphatic rings. The van der Waals surface area contributed by atoms with E-state index < -0.39 is 56.8 Å². The average molecular weight is 774 g/mol. The van der Waals surface area contributed by atoms with Gasteiger partial charge < -0.3 is 24.6 Å². The summed E-state index contributed by atoms with van der Waals surface area (Å²) in [4.78, 5) is 64.2.